The second-order valence-electron chi connectivity index (χ2n) is 2.50. The summed E-state index contributed by atoms with van der Waals surface area (Å²) in [4.78, 5) is 4.08. The van der Waals surface area contributed by atoms with E-state index in [9.17, 15) is 0 Å². The van der Waals surface area contributed by atoms with Gasteiger partial charge in [0.1, 0.15) is 5.75 Å². The van der Waals surface area contributed by atoms with E-state index in [0.29, 0.717) is 0 Å². The Morgan fingerprint density at radius 1 is 1.36 bits per heavy atom. The molecule has 0 fully saturated rings. The van der Waals surface area contributed by atoms with Gasteiger partial charge in [-0.15, -0.1) is 0 Å². The van der Waals surface area contributed by atoms with Crippen molar-refractivity contribution in [3.8, 4) is 5.75 Å². The summed E-state index contributed by atoms with van der Waals surface area (Å²) in [6, 6.07) is 5.83. The second-order valence-corrected chi connectivity index (χ2v) is 2.50. The highest BCUT2D eigenvalue weighted by Gasteiger charge is 2.32. The Balaban J connectivity index is 2.40. The van der Waals surface area contributed by atoms with Crippen molar-refractivity contribution in [2.45, 2.75) is 0 Å². The molecule has 1 aromatic rings. The summed E-state index contributed by atoms with van der Waals surface area (Å²) in [5, 5.41) is 0. The van der Waals surface area contributed by atoms with Gasteiger partial charge in [0, 0.05) is 6.08 Å². The largest absolute Gasteiger partial charge is 0.472 e. The molecule has 0 saturated heterocycles. The van der Waals surface area contributed by atoms with Gasteiger partial charge in [-0.05, 0) is 18.0 Å². The van der Waals surface area contributed by atoms with Crippen LogP contribution in [-0.4, -0.2) is 5.87 Å². The third-order valence-electron chi connectivity index (χ3n) is 1.85. The molecule has 51 valence electrons. The van der Waals surface area contributed by atoms with Gasteiger partial charge in [0.25, 0.3) is 0 Å². The zero-order valence-electron chi connectivity index (χ0n) is 5.66. The molecule has 0 spiro atoms. The first kappa shape index (κ1) is 5.16. The standard InChI is InChI=1S/C9H4NO/c1-2-6-9-7(3-1)11-8(9)4-5-10-6/h1-4H. The van der Waals surface area contributed by atoms with E-state index in [1.807, 2.05) is 18.2 Å². The van der Waals surface area contributed by atoms with Gasteiger partial charge in [-0.25, -0.2) is 4.99 Å². The Morgan fingerprint density at radius 2 is 2.36 bits per heavy atom. The molecule has 0 amide bonds. The van der Waals surface area contributed by atoms with E-state index < -0.39 is 0 Å². The van der Waals surface area contributed by atoms with E-state index >= 15 is 0 Å². The molecule has 1 aromatic carbocycles. The van der Waals surface area contributed by atoms with E-state index in [1.54, 1.807) is 6.08 Å². The molecule has 2 aliphatic rings. The molecular weight excluding hydrogens is 138 g/mol. The highest BCUT2D eigenvalue weighted by atomic mass is 16.5. The maximum atomic E-state index is 5.30. The molecule has 0 saturated carbocycles. The van der Waals surface area contributed by atoms with Crippen molar-refractivity contribution in [2.75, 3.05) is 0 Å². The molecule has 0 aromatic heterocycles. The van der Waals surface area contributed by atoms with Crippen LogP contribution in [0, 0.1) is 6.10 Å². The SMILES string of the molecule is C1=C[C]2Oc3cccc(c32)N=1. The molecule has 0 bridgehead atoms. The third-order valence-corrected chi connectivity index (χ3v) is 1.85. The van der Waals surface area contributed by atoms with Crippen LogP contribution in [-0.2, 0) is 0 Å². The van der Waals surface area contributed by atoms with Crippen LogP contribution in [0.1, 0.15) is 5.56 Å². The van der Waals surface area contributed by atoms with Crippen molar-refractivity contribution in [3.05, 3.63) is 35.9 Å². The summed E-state index contributed by atoms with van der Waals surface area (Å²) in [5.74, 6) is 3.70. The van der Waals surface area contributed by atoms with Crippen LogP contribution in [0.15, 0.2) is 29.3 Å². The smallest absolute Gasteiger partial charge is 0.215 e. The molecule has 1 radical (unpaired) electrons. The van der Waals surface area contributed by atoms with Crippen molar-refractivity contribution in [2.24, 2.45) is 4.99 Å². The van der Waals surface area contributed by atoms with Gasteiger partial charge in [-0.1, -0.05) is 6.07 Å². The number of aliphatic imine (C=N–C) groups is 1. The second kappa shape index (κ2) is 1.55. The van der Waals surface area contributed by atoms with Gasteiger partial charge in [0.15, 0.2) is 0 Å². The number of nitrogens with zero attached hydrogens (tertiary/aromatic N) is 1. The van der Waals surface area contributed by atoms with E-state index in [0.717, 1.165) is 23.1 Å². The lowest BCUT2D eigenvalue weighted by atomic mass is 9.99. The molecule has 0 N–H and O–H groups in total. The predicted molar refractivity (Wildman–Crippen MR) is 41.1 cm³/mol. The molecule has 0 atom stereocenters. The molecule has 3 rings (SSSR count). The fourth-order valence-electron chi connectivity index (χ4n) is 1.33. The highest BCUT2D eigenvalue weighted by Crippen LogP contribution is 2.45. The first-order valence-electron chi connectivity index (χ1n) is 3.43. The first-order valence-corrected chi connectivity index (χ1v) is 3.43. The molecule has 11 heavy (non-hydrogen) atoms. The third kappa shape index (κ3) is 0.506. The van der Waals surface area contributed by atoms with Crippen LogP contribution in [0.25, 0.3) is 0 Å². The van der Waals surface area contributed by atoms with Gasteiger partial charge in [-0.2, -0.15) is 0 Å². The van der Waals surface area contributed by atoms with E-state index in [4.69, 9.17) is 4.74 Å². The molecule has 2 heteroatoms. The normalized spacial score (nSPS) is 17.1. The summed E-state index contributed by atoms with van der Waals surface area (Å²) in [6.45, 7) is 0. The van der Waals surface area contributed by atoms with Crippen molar-refractivity contribution in [1.29, 1.82) is 0 Å². The summed E-state index contributed by atoms with van der Waals surface area (Å²) in [6.07, 6.45) is 2.65. The molecule has 2 nitrogen and oxygen atoms in total. The topological polar surface area (TPSA) is 21.6 Å². The van der Waals surface area contributed by atoms with Crippen LogP contribution < -0.4 is 4.74 Å². The Morgan fingerprint density at radius 3 is 3.27 bits per heavy atom. The Bertz CT molecular complexity index is 389. The van der Waals surface area contributed by atoms with E-state index in [1.165, 1.54) is 0 Å². The minimum absolute atomic E-state index is 0.894. The number of rotatable bonds is 0. The quantitative estimate of drug-likeness (QED) is 0.541. The van der Waals surface area contributed by atoms with Gasteiger partial charge in [-0.3, -0.25) is 0 Å². The van der Waals surface area contributed by atoms with E-state index in [2.05, 4.69) is 10.9 Å². The minimum atomic E-state index is 0.894. The lowest BCUT2D eigenvalue weighted by Crippen LogP contribution is -2.19. The van der Waals surface area contributed by atoms with E-state index in [-0.39, 0.29) is 0 Å². The zero-order valence-corrected chi connectivity index (χ0v) is 5.66. The highest BCUT2D eigenvalue weighted by molar-refractivity contribution is 5.78. The number of hydrogen-bond donors (Lipinski definition) is 0. The fraction of sp³-hybridized carbons (Fsp3) is 0. The zero-order chi connectivity index (χ0) is 7.26. The van der Waals surface area contributed by atoms with Crippen molar-refractivity contribution >= 4 is 11.6 Å². The number of benzene rings is 1. The van der Waals surface area contributed by atoms with Crippen molar-refractivity contribution < 1.29 is 4.74 Å². The average molecular weight is 142 g/mol. The Labute approximate surface area is 63.8 Å². The van der Waals surface area contributed by atoms with Crippen molar-refractivity contribution in [1.82, 2.24) is 0 Å². The molecule has 2 aliphatic heterocycles. The lowest BCUT2D eigenvalue weighted by molar-refractivity contribution is 0.323. The number of hydrogen-bond acceptors (Lipinski definition) is 2. The first-order chi connectivity index (χ1) is 5.45. The minimum Gasteiger partial charge on any atom is -0.472 e. The molecule has 0 aliphatic carbocycles. The van der Waals surface area contributed by atoms with Gasteiger partial charge in [0.2, 0.25) is 6.10 Å². The summed E-state index contributed by atoms with van der Waals surface area (Å²) >= 11 is 0. The summed E-state index contributed by atoms with van der Waals surface area (Å²) < 4.78 is 5.30. The Hall–Kier alpha value is -1.53. The fourth-order valence-corrected chi connectivity index (χ4v) is 1.33. The van der Waals surface area contributed by atoms with Gasteiger partial charge in [0.05, 0.1) is 11.3 Å². The lowest BCUT2D eigenvalue weighted by Gasteiger charge is -2.28. The molecule has 2 heterocycles. The predicted octanol–water partition coefficient (Wildman–Crippen LogP) is 1.83. The molecule has 0 unspecified atom stereocenters. The van der Waals surface area contributed by atoms with Crippen LogP contribution in [0.4, 0.5) is 5.69 Å². The van der Waals surface area contributed by atoms with Crippen LogP contribution in [0.3, 0.4) is 0 Å². The van der Waals surface area contributed by atoms with Crippen molar-refractivity contribution in [3.63, 3.8) is 0 Å². The summed E-state index contributed by atoms with van der Waals surface area (Å²) in [7, 11) is 0. The van der Waals surface area contributed by atoms with Crippen LogP contribution in [0.2, 0.25) is 0 Å². The van der Waals surface area contributed by atoms with Gasteiger partial charge >= 0.3 is 0 Å². The summed E-state index contributed by atoms with van der Waals surface area (Å²) in [5.41, 5.74) is 2.09. The molecular formula is C9H4NO. The maximum absolute atomic E-state index is 5.30. The average Bonchev–Trinajstić information content (AvgIpc) is 2.01. The maximum Gasteiger partial charge on any atom is 0.215 e. The Kier molecular flexibility index (Phi) is 0.727. The monoisotopic (exact) mass is 142 g/mol. The van der Waals surface area contributed by atoms with Gasteiger partial charge < -0.3 is 4.74 Å². The van der Waals surface area contributed by atoms with Crippen LogP contribution >= 0.6 is 0 Å². The number of ether oxygens (including phenoxy) is 1. The van der Waals surface area contributed by atoms with Crippen LogP contribution in [0.5, 0.6) is 5.75 Å².